The minimum atomic E-state index is -0.453. The molecule has 7 rings (SSSR count). The van der Waals surface area contributed by atoms with E-state index in [-0.39, 0.29) is 11.7 Å². The van der Waals surface area contributed by atoms with Crippen molar-refractivity contribution in [3.05, 3.63) is 77.0 Å². The van der Waals surface area contributed by atoms with Crippen LogP contribution >= 0.6 is 0 Å². The molecule has 2 aliphatic carbocycles. The number of benzene rings is 1. The van der Waals surface area contributed by atoms with E-state index in [2.05, 4.69) is 15.7 Å². The van der Waals surface area contributed by atoms with Crippen LogP contribution in [0.2, 0.25) is 0 Å². The van der Waals surface area contributed by atoms with Crippen molar-refractivity contribution in [1.82, 2.24) is 19.7 Å². The Labute approximate surface area is 196 Å². The van der Waals surface area contributed by atoms with Crippen LogP contribution in [0.5, 0.6) is 5.75 Å². The molecule has 0 spiro atoms. The third-order valence-electron chi connectivity index (χ3n) is 7.31. The van der Waals surface area contributed by atoms with Crippen LogP contribution < -0.4 is 10.5 Å². The molecule has 0 amide bonds. The van der Waals surface area contributed by atoms with E-state index in [9.17, 15) is 4.39 Å². The summed E-state index contributed by atoms with van der Waals surface area (Å²) in [5.41, 5.74) is 14.3. The topological polar surface area (TPSA) is 78.9 Å². The number of aryl methyl sites for hydroxylation is 1. The van der Waals surface area contributed by atoms with Gasteiger partial charge in [0.2, 0.25) is 0 Å². The van der Waals surface area contributed by atoms with Gasteiger partial charge in [-0.1, -0.05) is 6.07 Å². The van der Waals surface area contributed by atoms with Gasteiger partial charge in [-0.3, -0.25) is 9.67 Å². The molecule has 34 heavy (non-hydrogen) atoms. The highest BCUT2D eigenvalue weighted by Gasteiger charge is 2.38. The molecular weight excluding hydrogens is 429 g/mol. The lowest BCUT2D eigenvalue weighted by Gasteiger charge is -2.24. The lowest BCUT2D eigenvalue weighted by Crippen LogP contribution is -2.11. The molecule has 3 aromatic heterocycles. The zero-order valence-electron chi connectivity index (χ0n) is 18.8. The van der Waals surface area contributed by atoms with Crippen LogP contribution in [0.25, 0.3) is 22.5 Å². The van der Waals surface area contributed by atoms with Crippen molar-refractivity contribution >= 4 is 5.82 Å². The van der Waals surface area contributed by atoms with Gasteiger partial charge in [-0.05, 0) is 68.5 Å². The van der Waals surface area contributed by atoms with Crippen molar-refractivity contribution in [2.75, 3.05) is 5.73 Å². The number of nitrogens with zero attached hydrogens (tertiary/aromatic N) is 4. The number of ether oxygens (including phenoxy) is 1. The Morgan fingerprint density at radius 2 is 1.97 bits per heavy atom. The number of aromatic nitrogens is 4. The number of hydrogen-bond donors (Lipinski definition) is 1. The number of pyridine rings is 2. The Morgan fingerprint density at radius 1 is 1.09 bits per heavy atom. The van der Waals surface area contributed by atoms with Crippen LogP contribution in [0.3, 0.4) is 0 Å². The van der Waals surface area contributed by atoms with Gasteiger partial charge in [-0.25, -0.2) is 9.37 Å². The van der Waals surface area contributed by atoms with Gasteiger partial charge < -0.3 is 10.5 Å². The molecule has 2 N–H and O–H groups in total. The van der Waals surface area contributed by atoms with E-state index < -0.39 is 6.10 Å². The van der Waals surface area contributed by atoms with E-state index in [4.69, 9.17) is 20.6 Å². The second-order valence-corrected chi connectivity index (χ2v) is 9.52. The van der Waals surface area contributed by atoms with Crippen LogP contribution in [-0.2, 0) is 6.42 Å². The largest absolute Gasteiger partial charge is 0.482 e. The van der Waals surface area contributed by atoms with Crippen LogP contribution in [0.15, 0.2) is 48.8 Å². The molecular formula is C27H24FN5O. The third kappa shape index (κ3) is 2.89. The lowest BCUT2D eigenvalue weighted by atomic mass is 9.86. The first-order chi connectivity index (χ1) is 16.6. The average Bonchev–Trinajstić information content (AvgIpc) is 3.50. The zero-order chi connectivity index (χ0) is 23.0. The molecule has 3 aliphatic rings. The first-order valence-electron chi connectivity index (χ1n) is 11.9. The zero-order valence-corrected chi connectivity index (χ0v) is 18.8. The van der Waals surface area contributed by atoms with Gasteiger partial charge in [0.25, 0.3) is 0 Å². The number of nitrogens with two attached hydrogens (primary N) is 1. The Hall–Kier alpha value is -3.74. The van der Waals surface area contributed by atoms with E-state index in [1.165, 1.54) is 17.7 Å². The molecule has 1 saturated carbocycles. The monoisotopic (exact) mass is 453 g/mol. The molecule has 1 aromatic carbocycles. The SMILES string of the molecule is C[C@H]1Oc2cc(cnc2N)-c2c3c(nn2C2CC2)CCC3c2cccnc2-c2ccc(F)cc21. The molecule has 2 atom stereocenters. The maximum Gasteiger partial charge on any atom is 0.166 e. The fourth-order valence-electron chi connectivity index (χ4n) is 5.59. The molecule has 1 aliphatic heterocycles. The smallest absolute Gasteiger partial charge is 0.166 e. The highest BCUT2D eigenvalue weighted by Crippen LogP contribution is 2.50. The molecule has 0 saturated heterocycles. The van der Waals surface area contributed by atoms with Gasteiger partial charge in [0, 0.05) is 40.6 Å². The summed E-state index contributed by atoms with van der Waals surface area (Å²) in [4.78, 5) is 9.29. The summed E-state index contributed by atoms with van der Waals surface area (Å²) in [5, 5.41) is 5.07. The first-order valence-corrected chi connectivity index (χ1v) is 11.9. The summed E-state index contributed by atoms with van der Waals surface area (Å²) in [6.07, 6.45) is 7.33. The predicted molar refractivity (Wildman–Crippen MR) is 127 cm³/mol. The van der Waals surface area contributed by atoms with Gasteiger partial charge in [-0.15, -0.1) is 0 Å². The van der Waals surface area contributed by atoms with Gasteiger partial charge in [0.1, 0.15) is 11.9 Å². The fourth-order valence-corrected chi connectivity index (χ4v) is 5.59. The van der Waals surface area contributed by atoms with Gasteiger partial charge in [0.05, 0.1) is 23.1 Å². The summed E-state index contributed by atoms with van der Waals surface area (Å²) in [5.74, 6) is 0.647. The molecule has 1 fully saturated rings. The number of hydrogen-bond acceptors (Lipinski definition) is 5. The molecule has 4 aromatic rings. The lowest BCUT2D eigenvalue weighted by molar-refractivity contribution is 0.227. The van der Waals surface area contributed by atoms with Gasteiger partial charge in [0.15, 0.2) is 11.6 Å². The van der Waals surface area contributed by atoms with Crippen molar-refractivity contribution in [3.8, 4) is 28.3 Å². The summed E-state index contributed by atoms with van der Waals surface area (Å²) in [6, 6.07) is 11.4. The van der Waals surface area contributed by atoms with Gasteiger partial charge >= 0.3 is 0 Å². The molecule has 6 nitrogen and oxygen atoms in total. The highest BCUT2D eigenvalue weighted by atomic mass is 19.1. The molecule has 2 bridgehead atoms. The summed E-state index contributed by atoms with van der Waals surface area (Å²) >= 11 is 0. The Bertz CT molecular complexity index is 1460. The summed E-state index contributed by atoms with van der Waals surface area (Å²) in [6.45, 7) is 1.91. The quantitative estimate of drug-likeness (QED) is 0.406. The number of nitrogen functional groups attached to an aromatic ring is 1. The Kier molecular flexibility index (Phi) is 4.13. The van der Waals surface area contributed by atoms with Crippen LogP contribution in [0.4, 0.5) is 10.2 Å². The van der Waals surface area contributed by atoms with E-state index in [0.29, 0.717) is 17.6 Å². The minimum Gasteiger partial charge on any atom is -0.482 e. The van der Waals surface area contributed by atoms with E-state index >= 15 is 0 Å². The van der Waals surface area contributed by atoms with Crippen molar-refractivity contribution < 1.29 is 9.13 Å². The normalized spacial score (nSPS) is 20.4. The number of rotatable bonds is 1. The summed E-state index contributed by atoms with van der Waals surface area (Å²) in [7, 11) is 0. The number of fused-ring (bicyclic) bond motifs is 7. The second kappa shape index (κ2) is 7.13. The minimum absolute atomic E-state index is 0.149. The molecule has 0 radical (unpaired) electrons. The standard InChI is InChI=1S/C27H24FN5O/c1-14-21-12-16(28)4-7-20(21)25-19(3-2-10-30-25)18-8-9-22-24(18)26(33(32-22)17-5-6-17)15-11-23(34-14)27(29)31-13-15/h2-4,7,10-14,17-18H,5-6,8-9H2,1H3,(H2,29,31)/t14-,18?/m1/s1. The van der Waals surface area contributed by atoms with Crippen molar-refractivity contribution in [2.24, 2.45) is 0 Å². The summed E-state index contributed by atoms with van der Waals surface area (Å²) < 4.78 is 22.9. The third-order valence-corrected chi connectivity index (χ3v) is 7.31. The first kappa shape index (κ1) is 19.7. The maximum atomic E-state index is 14.4. The fraction of sp³-hybridized carbons (Fsp3) is 0.296. The average molecular weight is 454 g/mol. The Balaban J connectivity index is 1.56. The number of anilines is 1. The van der Waals surface area contributed by atoms with Crippen LogP contribution in [0, 0.1) is 5.82 Å². The van der Waals surface area contributed by atoms with Gasteiger partial charge in [-0.2, -0.15) is 5.10 Å². The van der Waals surface area contributed by atoms with Crippen LogP contribution in [0.1, 0.15) is 66.6 Å². The predicted octanol–water partition coefficient (Wildman–Crippen LogP) is 5.59. The Morgan fingerprint density at radius 3 is 2.82 bits per heavy atom. The van der Waals surface area contributed by atoms with Crippen molar-refractivity contribution in [3.63, 3.8) is 0 Å². The van der Waals surface area contributed by atoms with E-state index in [1.54, 1.807) is 6.20 Å². The highest BCUT2D eigenvalue weighted by molar-refractivity contribution is 5.74. The maximum absolute atomic E-state index is 14.4. The van der Waals surface area contributed by atoms with Crippen molar-refractivity contribution in [1.29, 1.82) is 0 Å². The van der Waals surface area contributed by atoms with E-state index in [0.717, 1.165) is 65.0 Å². The molecule has 170 valence electrons. The van der Waals surface area contributed by atoms with E-state index in [1.807, 2.05) is 31.3 Å². The molecule has 4 heterocycles. The molecule has 1 unspecified atom stereocenters. The second-order valence-electron chi connectivity index (χ2n) is 9.52. The van der Waals surface area contributed by atoms with Crippen LogP contribution in [-0.4, -0.2) is 19.7 Å². The molecule has 7 heteroatoms. The number of halogens is 1. The van der Waals surface area contributed by atoms with Crippen molar-refractivity contribution in [2.45, 2.75) is 50.7 Å².